The molecule has 1 aromatic carbocycles. The van der Waals surface area contributed by atoms with E-state index in [1.165, 1.54) is 6.07 Å². The van der Waals surface area contributed by atoms with E-state index in [0.717, 1.165) is 0 Å². The number of amides is 1. The predicted molar refractivity (Wildman–Crippen MR) is 48.0 cm³/mol. The maximum absolute atomic E-state index is 10.1. The molecule has 70 valence electrons. The van der Waals surface area contributed by atoms with E-state index in [1.807, 2.05) is 0 Å². The molecule has 13 heavy (non-hydrogen) atoms. The molecule has 0 heterocycles. The van der Waals surface area contributed by atoms with Crippen molar-refractivity contribution < 1.29 is 15.0 Å². The van der Waals surface area contributed by atoms with Crippen molar-refractivity contribution >= 4 is 17.7 Å². The molecule has 5 heteroatoms. The summed E-state index contributed by atoms with van der Waals surface area (Å²) in [5.74, 6) is -0.0127. The number of rotatable bonds is 2. The minimum absolute atomic E-state index is 0.0127. The summed E-state index contributed by atoms with van der Waals surface area (Å²) < 4.78 is 0. The summed E-state index contributed by atoms with van der Waals surface area (Å²) in [6.45, 7) is 0.0678. The van der Waals surface area contributed by atoms with E-state index < -0.39 is 6.09 Å². The van der Waals surface area contributed by atoms with Crippen LogP contribution in [0.3, 0.4) is 0 Å². The van der Waals surface area contributed by atoms with Crippen LogP contribution in [-0.4, -0.2) is 16.3 Å². The van der Waals surface area contributed by atoms with Crippen LogP contribution in [0, 0.1) is 0 Å². The summed E-state index contributed by atoms with van der Waals surface area (Å²) >= 11 is 5.58. The van der Waals surface area contributed by atoms with Crippen molar-refractivity contribution in [2.45, 2.75) is 6.54 Å². The fourth-order valence-corrected chi connectivity index (χ4v) is 1.02. The first-order chi connectivity index (χ1) is 6.09. The number of phenols is 1. The summed E-state index contributed by atoms with van der Waals surface area (Å²) in [7, 11) is 0. The Bertz CT molecular complexity index is 327. The Kier molecular flexibility index (Phi) is 2.97. The maximum Gasteiger partial charge on any atom is 0.404 e. The number of phenolic OH excluding ortho intramolecular Hbond substituents is 1. The Morgan fingerprint density at radius 3 is 2.77 bits per heavy atom. The minimum atomic E-state index is -1.13. The molecule has 0 aliphatic heterocycles. The lowest BCUT2D eigenvalue weighted by Crippen LogP contribution is -2.19. The molecule has 1 amide bonds. The zero-order chi connectivity index (χ0) is 9.84. The van der Waals surface area contributed by atoms with Crippen LogP contribution in [0.25, 0.3) is 0 Å². The van der Waals surface area contributed by atoms with Gasteiger partial charge in [-0.05, 0) is 12.1 Å². The average molecular weight is 202 g/mol. The van der Waals surface area contributed by atoms with Crippen molar-refractivity contribution in [2.75, 3.05) is 0 Å². The molecule has 0 atom stereocenters. The predicted octanol–water partition coefficient (Wildman–Crippen LogP) is 1.81. The van der Waals surface area contributed by atoms with Gasteiger partial charge in [0.1, 0.15) is 5.75 Å². The lowest BCUT2D eigenvalue weighted by atomic mass is 10.2. The van der Waals surface area contributed by atoms with Crippen LogP contribution < -0.4 is 5.32 Å². The summed E-state index contributed by atoms with van der Waals surface area (Å²) in [6, 6.07) is 4.51. The van der Waals surface area contributed by atoms with Crippen molar-refractivity contribution in [3.05, 3.63) is 28.8 Å². The van der Waals surface area contributed by atoms with Gasteiger partial charge in [0.2, 0.25) is 0 Å². The maximum atomic E-state index is 10.1. The number of hydrogen-bond donors (Lipinski definition) is 3. The smallest absolute Gasteiger partial charge is 0.404 e. The fourth-order valence-electron chi connectivity index (χ4n) is 0.857. The van der Waals surface area contributed by atoms with Gasteiger partial charge in [0.25, 0.3) is 0 Å². The average Bonchev–Trinajstić information content (AvgIpc) is 2.02. The summed E-state index contributed by atoms with van der Waals surface area (Å²) in [5.41, 5.74) is 0.492. The van der Waals surface area contributed by atoms with Crippen LogP contribution in [0.4, 0.5) is 4.79 Å². The molecular formula is C8H8ClNO3. The van der Waals surface area contributed by atoms with Crippen molar-refractivity contribution in [1.82, 2.24) is 5.32 Å². The third-order valence-electron chi connectivity index (χ3n) is 1.48. The van der Waals surface area contributed by atoms with E-state index >= 15 is 0 Å². The number of carbonyl (C=O) groups is 1. The van der Waals surface area contributed by atoms with Crippen LogP contribution in [0.2, 0.25) is 5.02 Å². The lowest BCUT2D eigenvalue weighted by Gasteiger charge is -2.03. The van der Waals surface area contributed by atoms with Gasteiger partial charge < -0.3 is 15.5 Å². The van der Waals surface area contributed by atoms with Gasteiger partial charge in [-0.25, -0.2) is 4.79 Å². The third-order valence-corrected chi connectivity index (χ3v) is 1.71. The molecule has 0 spiro atoms. The molecule has 0 bridgehead atoms. The minimum Gasteiger partial charge on any atom is -0.508 e. The van der Waals surface area contributed by atoms with Crippen LogP contribution in [-0.2, 0) is 6.54 Å². The SMILES string of the molecule is O=C(O)NCc1ccc(Cl)cc1O. The Morgan fingerprint density at radius 1 is 1.54 bits per heavy atom. The molecular weight excluding hydrogens is 194 g/mol. The molecule has 0 saturated heterocycles. The summed E-state index contributed by atoms with van der Waals surface area (Å²) in [5, 5.41) is 20.1. The van der Waals surface area contributed by atoms with Crippen LogP contribution >= 0.6 is 11.6 Å². The van der Waals surface area contributed by atoms with Gasteiger partial charge in [0, 0.05) is 17.1 Å². The van der Waals surface area contributed by atoms with Crippen LogP contribution in [0.15, 0.2) is 18.2 Å². The monoisotopic (exact) mass is 201 g/mol. The highest BCUT2D eigenvalue weighted by molar-refractivity contribution is 6.30. The quantitative estimate of drug-likeness (QED) is 0.684. The summed E-state index contributed by atoms with van der Waals surface area (Å²) in [6.07, 6.45) is -1.13. The van der Waals surface area contributed by atoms with E-state index in [2.05, 4.69) is 5.32 Å². The lowest BCUT2D eigenvalue weighted by molar-refractivity contribution is 0.194. The van der Waals surface area contributed by atoms with E-state index in [9.17, 15) is 9.90 Å². The molecule has 0 saturated carbocycles. The second-order valence-electron chi connectivity index (χ2n) is 2.43. The Morgan fingerprint density at radius 2 is 2.23 bits per heavy atom. The number of hydrogen-bond acceptors (Lipinski definition) is 2. The van der Waals surface area contributed by atoms with Gasteiger partial charge >= 0.3 is 6.09 Å². The van der Waals surface area contributed by atoms with E-state index in [-0.39, 0.29) is 12.3 Å². The van der Waals surface area contributed by atoms with Gasteiger partial charge in [-0.3, -0.25) is 0 Å². The van der Waals surface area contributed by atoms with Gasteiger partial charge in [-0.1, -0.05) is 17.7 Å². The first-order valence-corrected chi connectivity index (χ1v) is 3.91. The molecule has 1 aromatic rings. The van der Waals surface area contributed by atoms with Crippen molar-refractivity contribution in [3.8, 4) is 5.75 Å². The molecule has 0 aliphatic rings. The van der Waals surface area contributed by atoms with Gasteiger partial charge in [0.15, 0.2) is 0 Å². The second-order valence-corrected chi connectivity index (χ2v) is 2.87. The molecule has 0 aromatic heterocycles. The third kappa shape index (κ3) is 2.83. The standard InChI is InChI=1S/C8H8ClNO3/c9-6-2-1-5(7(11)3-6)4-10-8(12)13/h1-3,10-11H,4H2,(H,12,13). The highest BCUT2D eigenvalue weighted by atomic mass is 35.5. The number of aromatic hydroxyl groups is 1. The highest BCUT2D eigenvalue weighted by Gasteiger charge is 2.02. The zero-order valence-corrected chi connectivity index (χ0v) is 7.38. The topological polar surface area (TPSA) is 69.6 Å². The Hall–Kier alpha value is -1.42. The molecule has 0 radical (unpaired) electrons. The van der Waals surface area contributed by atoms with Gasteiger partial charge in [-0.2, -0.15) is 0 Å². The first-order valence-electron chi connectivity index (χ1n) is 3.54. The fraction of sp³-hybridized carbons (Fsp3) is 0.125. The largest absolute Gasteiger partial charge is 0.508 e. The number of benzene rings is 1. The molecule has 4 nitrogen and oxygen atoms in total. The van der Waals surface area contributed by atoms with Gasteiger partial charge in [-0.15, -0.1) is 0 Å². The van der Waals surface area contributed by atoms with Crippen LogP contribution in [0.1, 0.15) is 5.56 Å². The molecule has 0 aliphatic carbocycles. The number of nitrogens with one attached hydrogen (secondary N) is 1. The molecule has 0 fully saturated rings. The van der Waals surface area contributed by atoms with Crippen molar-refractivity contribution in [3.63, 3.8) is 0 Å². The van der Waals surface area contributed by atoms with Gasteiger partial charge in [0.05, 0.1) is 0 Å². The number of halogens is 1. The van der Waals surface area contributed by atoms with E-state index in [4.69, 9.17) is 16.7 Å². The molecule has 1 rings (SSSR count). The molecule has 3 N–H and O–H groups in total. The normalized spacial score (nSPS) is 9.62. The van der Waals surface area contributed by atoms with E-state index in [1.54, 1.807) is 12.1 Å². The highest BCUT2D eigenvalue weighted by Crippen LogP contribution is 2.21. The first kappa shape index (κ1) is 9.67. The van der Waals surface area contributed by atoms with E-state index in [0.29, 0.717) is 10.6 Å². The van der Waals surface area contributed by atoms with Crippen molar-refractivity contribution in [2.24, 2.45) is 0 Å². The van der Waals surface area contributed by atoms with Crippen molar-refractivity contribution in [1.29, 1.82) is 0 Å². The zero-order valence-electron chi connectivity index (χ0n) is 6.62. The number of carboxylic acid groups (broad SMARTS) is 1. The Balaban J connectivity index is 2.72. The second kappa shape index (κ2) is 4.00. The summed E-state index contributed by atoms with van der Waals surface area (Å²) in [4.78, 5) is 10.1. The van der Waals surface area contributed by atoms with Crippen LogP contribution in [0.5, 0.6) is 5.75 Å². The molecule has 0 unspecified atom stereocenters. The Labute approximate surface area is 79.8 Å².